The molecule has 4 nitrogen and oxygen atoms in total. The van der Waals surface area contributed by atoms with Gasteiger partial charge in [0.25, 0.3) is 0 Å². The molecule has 1 aliphatic rings. The molecule has 0 aliphatic heterocycles. The number of benzene rings is 1. The Morgan fingerprint density at radius 1 is 1.19 bits per heavy atom. The van der Waals surface area contributed by atoms with Gasteiger partial charge in [0.05, 0.1) is 5.52 Å². The zero-order chi connectivity index (χ0) is 14.7. The number of pyridine rings is 1. The van der Waals surface area contributed by atoms with Gasteiger partial charge in [-0.1, -0.05) is 18.2 Å². The van der Waals surface area contributed by atoms with Gasteiger partial charge in [-0.2, -0.15) is 0 Å². The number of nitrogens with one attached hydrogen (secondary N) is 1. The predicted octanol–water partition coefficient (Wildman–Crippen LogP) is 2.89. The summed E-state index contributed by atoms with van der Waals surface area (Å²) in [7, 11) is 0. The first-order valence-corrected chi connectivity index (χ1v) is 7.61. The van der Waals surface area contributed by atoms with E-state index in [0.29, 0.717) is 18.3 Å². The van der Waals surface area contributed by atoms with E-state index in [9.17, 15) is 4.79 Å². The van der Waals surface area contributed by atoms with Gasteiger partial charge in [-0.3, -0.25) is 15.2 Å². The third-order valence-electron chi connectivity index (χ3n) is 4.60. The number of hydrazine groups is 1. The van der Waals surface area contributed by atoms with E-state index < -0.39 is 0 Å². The highest BCUT2D eigenvalue weighted by Crippen LogP contribution is 2.39. The topological polar surface area (TPSA) is 68.0 Å². The highest BCUT2D eigenvalue weighted by molar-refractivity contribution is 5.82. The Morgan fingerprint density at radius 3 is 2.71 bits per heavy atom. The van der Waals surface area contributed by atoms with Crippen LogP contribution in [0.15, 0.2) is 36.5 Å². The molecule has 1 aromatic carbocycles. The number of rotatable bonds is 3. The normalized spacial score (nSPS) is 22.1. The summed E-state index contributed by atoms with van der Waals surface area (Å²) in [6.45, 7) is 0. The van der Waals surface area contributed by atoms with Crippen LogP contribution in [0.4, 0.5) is 0 Å². The number of para-hydroxylation sites is 1. The fourth-order valence-corrected chi connectivity index (χ4v) is 3.47. The zero-order valence-electron chi connectivity index (χ0n) is 12.1. The summed E-state index contributed by atoms with van der Waals surface area (Å²) < 4.78 is 0. The van der Waals surface area contributed by atoms with Gasteiger partial charge in [0.1, 0.15) is 0 Å². The molecule has 0 radical (unpaired) electrons. The number of aromatic nitrogens is 1. The molecule has 0 saturated heterocycles. The summed E-state index contributed by atoms with van der Waals surface area (Å²) in [5, 5.41) is 1.27. The minimum Gasteiger partial charge on any atom is -0.294 e. The van der Waals surface area contributed by atoms with E-state index in [1.807, 2.05) is 12.3 Å². The van der Waals surface area contributed by atoms with Gasteiger partial charge in [0.15, 0.2) is 0 Å². The van der Waals surface area contributed by atoms with Crippen LogP contribution in [0.1, 0.15) is 43.6 Å². The number of fused-ring (bicyclic) bond motifs is 1. The maximum atomic E-state index is 11.4. The maximum Gasteiger partial charge on any atom is 0.234 e. The van der Waals surface area contributed by atoms with E-state index in [-0.39, 0.29) is 5.91 Å². The van der Waals surface area contributed by atoms with Crippen molar-refractivity contribution in [2.75, 3.05) is 0 Å². The van der Waals surface area contributed by atoms with Crippen molar-refractivity contribution < 1.29 is 4.79 Å². The van der Waals surface area contributed by atoms with Crippen LogP contribution in [-0.4, -0.2) is 10.9 Å². The average molecular weight is 283 g/mol. The smallest absolute Gasteiger partial charge is 0.234 e. The van der Waals surface area contributed by atoms with Gasteiger partial charge in [-0.15, -0.1) is 0 Å². The summed E-state index contributed by atoms with van der Waals surface area (Å²) in [4.78, 5) is 15.8. The van der Waals surface area contributed by atoms with Gasteiger partial charge >= 0.3 is 0 Å². The third-order valence-corrected chi connectivity index (χ3v) is 4.60. The molecule has 2 aromatic rings. The fourth-order valence-electron chi connectivity index (χ4n) is 3.47. The minimum absolute atomic E-state index is 0.0483. The van der Waals surface area contributed by atoms with Crippen LogP contribution < -0.4 is 11.3 Å². The van der Waals surface area contributed by atoms with E-state index in [1.54, 1.807) is 0 Å². The van der Waals surface area contributed by atoms with Gasteiger partial charge in [-0.25, -0.2) is 5.84 Å². The zero-order valence-corrected chi connectivity index (χ0v) is 12.1. The van der Waals surface area contributed by atoms with Crippen molar-refractivity contribution in [3.63, 3.8) is 0 Å². The third kappa shape index (κ3) is 3.05. The number of amides is 1. The van der Waals surface area contributed by atoms with Crippen LogP contribution in [0.25, 0.3) is 10.9 Å². The lowest BCUT2D eigenvalue weighted by Crippen LogP contribution is -2.32. The van der Waals surface area contributed by atoms with Crippen molar-refractivity contribution in [2.45, 2.75) is 38.0 Å². The lowest BCUT2D eigenvalue weighted by molar-refractivity contribution is -0.122. The first-order valence-electron chi connectivity index (χ1n) is 7.61. The van der Waals surface area contributed by atoms with Crippen LogP contribution in [0.2, 0.25) is 0 Å². The summed E-state index contributed by atoms with van der Waals surface area (Å²) in [5.41, 5.74) is 4.71. The van der Waals surface area contributed by atoms with Crippen LogP contribution >= 0.6 is 0 Å². The van der Waals surface area contributed by atoms with Gasteiger partial charge in [-0.05, 0) is 55.2 Å². The molecule has 0 unspecified atom stereocenters. The van der Waals surface area contributed by atoms with E-state index in [4.69, 9.17) is 5.84 Å². The molecule has 21 heavy (non-hydrogen) atoms. The maximum absolute atomic E-state index is 11.4. The van der Waals surface area contributed by atoms with Crippen molar-refractivity contribution in [3.05, 3.63) is 42.1 Å². The molecule has 0 atom stereocenters. The lowest BCUT2D eigenvalue weighted by Gasteiger charge is -2.29. The summed E-state index contributed by atoms with van der Waals surface area (Å²) in [6, 6.07) is 10.5. The Bertz CT molecular complexity index is 627. The predicted molar refractivity (Wildman–Crippen MR) is 83.4 cm³/mol. The largest absolute Gasteiger partial charge is 0.294 e. The van der Waals surface area contributed by atoms with Crippen LogP contribution in [0.5, 0.6) is 0 Å². The van der Waals surface area contributed by atoms with Crippen molar-refractivity contribution >= 4 is 16.8 Å². The van der Waals surface area contributed by atoms with Gasteiger partial charge < -0.3 is 0 Å². The highest BCUT2D eigenvalue weighted by Gasteiger charge is 2.24. The molecule has 4 heteroatoms. The SMILES string of the molecule is NNC(=O)CC1CCC(c2ccnc3ccccc23)CC1. The molecule has 1 aliphatic carbocycles. The van der Waals surface area contributed by atoms with Crippen LogP contribution in [0.3, 0.4) is 0 Å². The Labute approximate surface area is 124 Å². The molecule has 1 saturated carbocycles. The molecule has 0 bridgehead atoms. The van der Waals surface area contributed by atoms with Crippen molar-refractivity contribution in [1.29, 1.82) is 0 Å². The molecule has 3 N–H and O–H groups in total. The Balaban J connectivity index is 1.73. The molecule has 1 heterocycles. The number of carbonyl (C=O) groups excluding carboxylic acids is 1. The Morgan fingerprint density at radius 2 is 1.95 bits per heavy atom. The Hall–Kier alpha value is -1.94. The second-order valence-electron chi connectivity index (χ2n) is 5.91. The van der Waals surface area contributed by atoms with E-state index >= 15 is 0 Å². The molecular weight excluding hydrogens is 262 g/mol. The van der Waals surface area contributed by atoms with Crippen LogP contribution in [-0.2, 0) is 4.79 Å². The summed E-state index contributed by atoms with van der Waals surface area (Å²) in [5.74, 6) is 6.16. The summed E-state index contributed by atoms with van der Waals surface area (Å²) >= 11 is 0. The van der Waals surface area contributed by atoms with Crippen molar-refractivity contribution in [2.24, 2.45) is 11.8 Å². The molecule has 0 spiro atoms. The van der Waals surface area contributed by atoms with E-state index in [2.05, 4.69) is 34.7 Å². The molecule has 3 rings (SSSR count). The van der Waals surface area contributed by atoms with E-state index in [0.717, 1.165) is 31.2 Å². The van der Waals surface area contributed by atoms with Crippen LogP contribution in [0, 0.1) is 5.92 Å². The quantitative estimate of drug-likeness (QED) is 0.517. The monoisotopic (exact) mass is 283 g/mol. The first-order chi connectivity index (χ1) is 10.3. The fraction of sp³-hybridized carbons (Fsp3) is 0.412. The number of hydrogen-bond donors (Lipinski definition) is 2. The molecule has 1 amide bonds. The molecule has 110 valence electrons. The molecule has 1 fully saturated rings. The molecular formula is C17H21N3O. The minimum atomic E-state index is -0.0483. The average Bonchev–Trinajstić information content (AvgIpc) is 2.55. The number of hydrogen-bond acceptors (Lipinski definition) is 3. The summed E-state index contributed by atoms with van der Waals surface area (Å²) in [6.07, 6.45) is 6.92. The van der Waals surface area contributed by atoms with Gasteiger partial charge in [0, 0.05) is 18.0 Å². The number of nitrogens with zero attached hydrogens (tertiary/aromatic N) is 1. The highest BCUT2D eigenvalue weighted by atomic mass is 16.2. The number of carbonyl (C=O) groups is 1. The van der Waals surface area contributed by atoms with Crippen molar-refractivity contribution in [1.82, 2.24) is 10.4 Å². The lowest BCUT2D eigenvalue weighted by atomic mass is 9.77. The molecule has 1 aromatic heterocycles. The van der Waals surface area contributed by atoms with Gasteiger partial charge in [0.2, 0.25) is 5.91 Å². The Kier molecular flexibility index (Phi) is 4.15. The van der Waals surface area contributed by atoms with Crippen molar-refractivity contribution in [3.8, 4) is 0 Å². The standard InChI is InChI=1S/C17H21N3O/c18-20-17(21)11-12-5-7-13(8-6-12)14-9-10-19-16-4-2-1-3-15(14)16/h1-4,9-10,12-13H,5-8,11,18H2,(H,20,21). The second-order valence-corrected chi connectivity index (χ2v) is 5.91. The first kappa shape index (κ1) is 14.0. The van der Waals surface area contributed by atoms with E-state index in [1.165, 1.54) is 10.9 Å². The number of nitrogens with two attached hydrogens (primary N) is 1. The second kappa shape index (κ2) is 6.22.